The molecule has 0 bridgehead atoms. The van der Waals surface area contributed by atoms with E-state index in [1.165, 1.54) is 56.2 Å². The van der Waals surface area contributed by atoms with E-state index in [4.69, 9.17) is 14.7 Å². The number of morpholine rings is 1. The van der Waals surface area contributed by atoms with Gasteiger partial charge in [-0.15, -0.1) is 0 Å². The molecule has 10 heteroatoms. The van der Waals surface area contributed by atoms with E-state index in [0.29, 0.717) is 60.8 Å². The van der Waals surface area contributed by atoms with Gasteiger partial charge in [-0.25, -0.2) is 13.8 Å². The van der Waals surface area contributed by atoms with Crippen LogP contribution in [0.4, 0.5) is 20.5 Å². The number of alkyl halides is 2. The first-order valence-corrected chi connectivity index (χ1v) is 13.6. The second-order valence-corrected chi connectivity index (χ2v) is 10.4. The van der Waals surface area contributed by atoms with E-state index in [0.717, 1.165) is 12.6 Å². The number of rotatable bonds is 7. The summed E-state index contributed by atoms with van der Waals surface area (Å²) in [4.78, 5) is 18.5. The Kier molecular flexibility index (Phi) is 7.19. The molecule has 0 spiro atoms. The van der Waals surface area contributed by atoms with Gasteiger partial charge < -0.3 is 19.9 Å². The molecule has 3 aromatic rings. The molecule has 3 aliphatic rings. The van der Waals surface area contributed by atoms with Crippen molar-refractivity contribution in [2.24, 2.45) is 5.92 Å². The Balaban J connectivity index is 1.26. The highest BCUT2D eigenvalue weighted by atomic mass is 19.3. The maximum absolute atomic E-state index is 14.1. The number of anilines is 2. The van der Waals surface area contributed by atoms with Gasteiger partial charge in [0.25, 0.3) is 6.43 Å². The van der Waals surface area contributed by atoms with Gasteiger partial charge in [0.15, 0.2) is 5.82 Å². The highest BCUT2D eigenvalue weighted by molar-refractivity contribution is 5.78. The molecule has 0 amide bonds. The molecule has 1 saturated carbocycles. The predicted molar refractivity (Wildman–Crippen MR) is 140 cm³/mol. The Morgan fingerprint density at radius 2 is 1.65 bits per heavy atom. The summed E-state index contributed by atoms with van der Waals surface area (Å²) in [5, 5.41) is 3.46. The third-order valence-electron chi connectivity index (χ3n) is 8.07. The zero-order valence-electron chi connectivity index (χ0n) is 21.2. The molecule has 0 radical (unpaired) electrons. The van der Waals surface area contributed by atoms with Crippen LogP contribution in [0.5, 0.6) is 0 Å². The first-order chi connectivity index (χ1) is 18.2. The van der Waals surface area contributed by atoms with Gasteiger partial charge in [0.05, 0.1) is 24.2 Å². The zero-order valence-corrected chi connectivity index (χ0v) is 21.2. The third kappa shape index (κ3) is 5.27. The van der Waals surface area contributed by atoms with Crippen molar-refractivity contribution in [3.8, 4) is 5.82 Å². The summed E-state index contributed by atoms with van der Waals surface area (Å²) in [5.41, 5.74) is 1.13. The number of ether oxygens (including phenoxy) is 1. The van der Waals surface area contributed by atoms with Crippen molar-refractivity contribution in [2.75, 3.05) is 56.2 Å². The van der Waals surface area contributed by atoms with Crippen molar-refractivity contribution in [1.82, 2.24) is 24.4 Å². The van der Waals surface area contributed by atoms with Gasteiger partial charge in [0.2, 0.25) is 5.95 Å². The fraction of sp³-hybridized carbons (Fsp3) is 0.593. The van der Waals surface area contributed by atoms with Crippen molar-refractivity contribution in [3.63, 3.8) is 0 Å². The number of aromatic nitrogens is 4. The smallest absolute Gasteiger partial charge is 0.296 e. The van der Waals surface area contributed by atoms with Gasteiger partial charge in [0, 0.05) is 31.7 Å². The van der Waals surface area contributed by atoms with Crippen LogP contribution in [-0.4, -0.2) is 76.4 Å². The molecule has 37 heavy (non-hydrogen) atoms. The van der Waals surface area contributed by atoms with Crippen LogP contribution in [0.3, 0.4) is 0 Å². The minimum absolute atomic E-state index is 0.306. The zero-order chi connectivity index (χ0) is 25.2. The molecule has 2 aliphatic heterocycles. The molecular formula is C27H35F2N7O. The molecule has 1 aliphatic carbocycles. The fourth-order valence-electron chi connectivity index (χ4n) is 6.06. The molecule has 6 rings (SSSR count). The van der Waals surface area contributed by atoms with Gasteiger partial charge in [-0.3, -0.25) is 4.57 Å². The summed E-state index contributed by atoms with van der Waals surface area (Å²) in [6, 6.07) is 9.71. The summed E-state index contributed by atoms with van der Waals surface area (Å²) in [6.45, 7) is 5.90. The number of imidazole rings is 1. The third-order valence-corrected chi connectivity index (χ3v) is 8.07. The first kappa shape index (κ1) is 24.5. The maximum atomic E-state index is 14.1. The quantitative estimate of drug-likeness (QED) is 0.495. The molecule has 198 valence electrons. The molecule has 8 nitrogen and oxygen atoms in total. The lowest BCUT2D eigenvalue weighted by Gasteiger charge is -2.34. The normalized spacial score (nSPS) is 23.3. The van der Waals surface area contributed by atoms with Crippen molar-refractivity contribution in [3.05, 3.63) is 36.2 Å². The van der Waals surface area contributed by atoms with Crippen LogP contribution in [0.2, 0.25) is 0 Å². The molecule has 1 N–H and O–H groups in total. The lowest BCUT2D eigenvalue weighted by Crippen LogP contribution is -2.37. The molecule has 1 aromatic carbocycles. The van der Waals surface area contributed by atoms with E-state index in [9.17, 15) is 8.78 Å². The van der Waals surface area contributed by atoms with Gasteiger partial charge in [0.1, 0.15) is 11.6 Å². The summed E-state index contributed by atoms with van der Waals surface area (Å²) >= 11 is 0. The Labute approximate surface area is 216 Å². The molecule has 0 unspecified atom stereocenters. The second kappa shape index (κ2) is 10.9. The number of likely N-dealkylation sites (tertiary alicyclic amines) is 1. The number of hydrogen-bond acceptors (Lipinski definition) is 7. The minimum Gasteiger partial charge on any atom is -0.378 e. The van der Waals surface area contributed by atoms with E-state index < -0.39 is 6.43 Å². The molecule has 2 aromatic heterocycles. The largest absolute Gasteiger partial charge is 0.378 e. The molecule has 2 saturated heterocycles. The molecular weight excluding hydrogens is 476 g/mol. The van der Waals surface area contributed by atoms with Crippen molar-refractivity contribution >= 4 is 22.8 Å². The van der Waals surface area contributed by atoms with Gasteiger partial charge >= 0.3 is 0 Å². The number of fused-ring (bicyclic) bond motifs is 1. The highest BCUT2D eigenvalue weighted by Crippen LogP contribution is 2.31. The molecule has 0 atom stereocenters. The summed E-state index contributed by atoms with van der Waals surface area (Å²) in [7, 11) is 0. The topological polar surface area (TPSA) is 71.3 Å². The summed E-state index contributed by atoms with van der Waals surface area (Å²) < 4.78 is 35.1. The number of hydrogen-bond donors (Lipinski definition) is 1. The van der Waals surface area contributed by atoms with Crippen molar-refractivity contribution < 1.29 is 13.5 Å². The van der Waals surface area contributed by atoms with E-state index >= 15 is 0 Å². The lowest BCUT2D eigenvalue weighted by atomic mass is 9.85. The first-order valence-electron chi connectivity index (χ1n) is 13.6. The predicted octanol–water partition coefficient (Wildman–Crippen LogP) is 4.66. The van der Waals surface area contributed by atoms with E-state index in [-0.39, 0.29) is 5.82 Å². The van der Waals surface area contributed by atoms with Crippen LogP contribution in [0.1, 0.15) is 50.8 Å². The average Bonchev–Trinajstić information content (AvgIpc) is 3.61. The number of benzene rings is 1. The number of halogens is 2. The maximum Gasteiger partial charge on any atom is 0.296 e. The van der Waals surface area contributed by atoms with Crippen LogP contribution in [0.15, 0.2) is 30.3 Å². The molecule has 4 heterocycles. The second-order valence-electron chi connectivity index (χ2n) is 10.4. The minimum atomic E-state index is -2.73. The van der Waals surface area contributed by atoms with Gasteiger partial charge in [-0.2, -0.15) is 9.97 Å². The number of para-hydroxylation sites is 2. The summed E-state index contributed by atoms with van der Waals surface area (Å²) in [6.07, 6.45) is 4.80. The monoisotopic (exact) mass is 511 g/mol. The highest BCUT2D eigenvalue weighted by Gasteiger charge is 2.28. The SMILES string of the molecule is FC(F)c1nc2ccccc2n1-c1cc(N2CCOCC2)nc(NC[C@H]2CC[C@H](N3CCCC3)CC2)n1. The Morgan fingerprint density at radius 1 is 0.919 bits per heavy atom. The van der Waals surface area contributed by atoms with Crippen LogP contribution < -0.4 is 10.2 Å². The van der Waals surface area contributed by atoms with Crippen molar-refractivity contribution in [1.29, 1.82) is 0 Å². The van der Waals surface area contributed by atoms with E-state index in [1.54, 1.807) is 24.3 Å². The van der Waals surface area contributed by atoms with E-state index in [1.807, 2.05) is 6.07 Å². The Morgan fingerprint density at radius 3 is 2.41 bits per heavy atom. The Hall–Kier alpha value is -2.85. The van der Waals surface area contributed by atoms with Gasteiger partial charge in [-0.05, 0) is 69.7 Å². The number of nitrogens with one attached hydrogen (secondary N) is 1. The Bertz CT molecular complexity index is 1200. The lowest BCUT2D eigenvalue weighted by molar-refractivity contribution is 0.122. The summed E-state index contributed by atoms with van der Waals surface area (Å²) in [5.74, 6) is 1.84. The van der Waals surface area contributed by atoms with E-state index in [2.05, 4.69) is 20.1 Å². The molecule has 3 fully saturated rings. The standard InChI is InChI=1S/C27H35F2N7O/c28-25(29)26-31-21-5-1-2-6-22(21)36(26)24-17-23(35-13-15-37-16-14-35)32-27(33-24)30-18-19-7-9-20(10-8-19)34-11-3-4-12-34/h1-2,5-6,17,19-20,25H,3-4,7-16,18H2,(H,30,32,33)/t19-,20-. The van der Waals surface area contributed by atoms with Crippen LogP contribution in [0.25, 0.3) is 16.9 Å². The average molecular weight is 512 g/mol. The number of nitrogens with zero attached hydrogens (tertiary/aromatic N) is 6. The fourth-order valence-corrected chi connectivity index (χ4v) is 6.06. The van der Waals surface area contributed by atoms with Crippen LogP contribution in [0, 0.1) is 5.92 Å². The van der Waals surface area contributed by atoms with Crippen molar-refractivity contribution in [2.45, 2.75) is 51.0 Å². The van der Waals surface area contributed by atoms with Gasteiger partial charge in [-0.1, -0.05) is 12.1 Å². The van der Waals surface area contributed by atoms with Crippen LogP contribution >= 0.6 is 0 Å². The van der Waals surface area contributed by atoms with Crippen LogP contribution in [-0.2, 0) is 4.74 Å².